The lowest BCUT2D eigenvalue weighted by molar-refractivity contribution is -0.120. The smallest absolute Gasteiger partial charge is 0.221 e. The quantitative estimate of drug-likeness (QED) is 0.586. The summed E-state index contributed by atoms with van der Waals surface area (Å²) in [5.74, 6) is 0.00315. The summed E-state index contributed by atoms with van der Waals surface area (Å²) in [5, 5.41) is 14.0. The monoisotopic (exact) mass is 183 g/mol. The van der Waals surface area contributed by atoms with Gasteiger partial charge in [-0.2, -0.15) is 5.26 Å². The fraction of sp³-hybridized carbons (Fsp3) is 0.778. The zero-order valence-corrected chi connectivity index (χ0v) is 8.26. The molecule has 0 unspecified atom stereocenters. The molecule has 0 spiro atoms. The summed E-state index contributed by atoms with van der Waals surface area (Å²) in [6.45, 7) is 5.22. The highest BCUT2D eigenvalue weighted by Crippen LogP contribution is 1.81. The van der Waals surface area contributed by atoms with E-state index < -0.39 is 0 Å². The van der Waals surface area contributed by atoms with Gasteiger partial charge in [-0.3, -0.25) is 4.79 Å². The van der Waals surface area contributed by atoms with E-state index >= 15 is 0 Å². The molecule has 0 rings (SSSR count). The average molecular weight is 183 g/mol. The lowest BCUT2D eigenvalue weighted by atomic mass is 10.3. The molecule has 0 heterocycles. The lowest BCUT2D eigenvalue weighted by Gasteiger charge is -2.07. The summed E-state index contributed by atoms with van der Waals surface area (Å²) < 4.78 is 0. The molecule has 0 aliphatic heterocycles. The first-order valence-corrected chi connectivity index (χ1v) is 4.54. The first kappa shape index (κ1) is 11.9. The Labute approximate surface area is 79.3 Å². The van der Waals surface area contributed by atoms with Crippen LogP contribution in [0.5, 0.6) is 0 Å². The third kappa shape index (κ3) is 8.83. The van der Waals surface area contributed by atoms with E-state index in [0.29, 0.717) is 32.0 Å². The Morgan fingerprint density at radius 3 is 2.69 bits per heavy atom. The summed E-state index contributed by atoms with van der Waals surface area (Å²) in [7, 11) is 0. The Hall–Kier alpha value is -1.08. The SMILES string of the molecule is CC(C)NCCC(=O)NCCC#N. The molecule has 0 atom stereocenters. The maximum Gasteiger partial charge on any atom is 0.221 e. The van der Waals surface area contributed by atoms with Gasteiger partial charge in [-0.15, -0.1) is 0 Å². The molecule has 0 aromatic rings. The van der Waals surface area contributed by atoms with Crippen molar-refractivity contribution in [3.8, 4) is 6.07 Å². The third-order valence-corrected chi connectivity index (χ3v) is 1.46. The van der Waals surface area contributed by atoms with E-state index in [1.807, 2.05) is 19.9 Å². The van der Waals surface area contributed by atoms with Gasteiger partial charge >= 0.3 is 0 Å². The van der Waals surface area contributed by atoms with E-state index in [1.54, 1.807) is 0 Å². The standard InChI is InChI=1S/C9H17N3O/c1-8(2)11-7-4-9(13)12-6-3-5-10/h8,11H,3-4,6-7H2,1-2H3,(H,12,13). The van der Waals surface area contributed by atoms with Gasteiger partial charge in [0, 0.05) is 25.6 Å². The molecule has 0 saturated heterocycles. The van der Waals surface area contributed by atoms with Crippen molar-refractivity contribution < 1.29 is 4.79 Å². The molecule has 0 bridgehead atoms. The minimum absolute atomic E-state index is 0.00315. The van der Waals surface area contributed by atoms with Crippen LogP contribution in [0.1, 0.15) is 26.7 Å². The molecule has 0 aromatic heterocycles. The van der Waals surface area contributed by atoms with Crippen LogP contribution in [-0.4, -0.2) is 25.0 Å². The summed E-state index contributed by atoms with van der Waals surface area (Å²) in [4.78, 5) is 11.0. The lowest BCUT2D eigenvalue weighted by Crippen LogP contribution is -2.30. The van der Waals surface area contributed by atoms with Crippen molar-refractivity contribution in [2.75, 3.05) is 13.1 Å². The fourth-order valence-electron chi connectivity index (χ4n) is 0.821. The Balaban J connectivity index is 3.26. The number of amides is 1. The highest BCUT2D eigenvalue weighted by atomic mass is 16.1. The number of carbonyl (C=O) groups excluding carboxylic acids is 1. The average Bonchev–Trinajstić information content (AvgIpc) is 2.04. The number of nitrogens with zero attached hydrogens (tertiary/aromatic N) is 1. The van der Waals surface area contributed by atoms with Crippen LogP contribution in [0, 0.1) is 11.3 Å². The second-order valence-electron chi connectivity index (χ2n) is 3.12. The molecule has 4 heteroatoms. The molecule has 2 N–H and O–H groups in total. The molecule has 0 aromatic carbocycles. The van der Waals surface area contributed by atoms with Crippen LogP contribution in [-0.2, 0) is 4.79 Å². The Bertz CT molecular complexity index is 184. The van der Waals surface area contributed by atoms with E-state index in [4.69, 9.17) is 5.26 Å². The van der Waals surface area contributed by atoms with Crippen molar-refractivity contribution in [3.63, 3.8) is 0 Å². The van der Waals surface area contributed by atoms with Gasteiger partial charge in [0.25, 0.3) is 0 Å². The van der Waals surface area contributed by atoms with E-state index in [1.165, 1.54) is 0 Å². The van der Waals surface area contributed by atoms with Gasteiger partial charge in [0.05, 0.1) is 12.5 Å². The van der Waals surface area contributed by atoms with E-state index in [9.17, 15) is 4.79 Å². The van der Waals surface area contributed by atoms with Crippen molar-refractivity contribution >= 4 is 5.91 Å². The maximum absolute atomic E-state index is 11.0. The number of rotatable bonds is 6. The van der Waals surface area contributed by atoms with Crippen LogP contribution in [0.25, 0.3) is 0 Å². The fourth-order valence-corrected chi connectivity index (χ4v) is 0.821. The van der Waals surface area contributed by atoms with Crippen LogP contribution in [0.15, 0.2) is 0 Å². The molecule has 4 nitrogen and oxygen atoms in total. The van der Waals surface area contributed by atoms with Gasteiger partial charge in [0.15, 0.2) is 0 Å². The van der Waals surface area contributed by atoms with Crippen molar-refractivity contribution in [2.24, 2.45) is 0 Å². The van der Waals surface area contributed by atoms with Crippen molar-refractivity contribution in [2.45, 2.75) is 32.7 Å². The summed E-state index contributed by atoms with van der Waals surface area (Å²) in [5.41, 5.74) is 0. The summed E-state index contributed by atoms with van der Waals surface area (Å²) >= 11 is 0. The molecule has 0 radical (unpaired) electrons. The zero-order valence-electron chi connectivity index (χ0n) is 8.26. The summed E-state index contributed by atoms with van der Waals surface area (Å²) in [6, 6.07) is 2.38. The predicted molar refractivity (Wildman–Crippen MR) is 51.0 cm³/mol. The van der Waals surface area contributed by atoms with Gasteiger partial charge < -0.3 is 10.6 Å². The maximum atomic E-state index is 11.0. The first-order chi connectivity index (χ1) is 6.16. The predicted octanol–water partition coefficient (Wildman–Crippen LogP) is 0.404. The van der Waals surface area contributed by atoms with E-state index in [-0.39, 0.29) is 5.91 Å². The van der Waals surface area contributed by atoms with Gasteiger partial charge in [-0.25, -0.2) is 0 Å². The topological polar surface area (TPSA) is 64.9 Å². The van der Waals surface area contributed by atoms with Gasteiger partial charge in [0.1, 0.15) is 0 Å². The van der Waals surface area contributed by atoms with Crippen LogP contribution in [0.3, 0.4) is 0 Å². The van der Waals surface area contributed by atoms with Crippen LogP contribution in [0.2, 0.25) is 0 Å². The molecule has 1 amide bonds. The Kier molecular flexibility index (Phi) is 6.93. The van der Waals surface area contributed by atoms with Crippen molar-refractivity contribution in [1.29, 1.82) is 5.26 Å². The van der Waals surface area contributed by atoms with Crippen LogP contribution < -0.4 is 10.6 Å². The molecular weight excluding hydrogens is 166 g/mol. The number of hydrogen-bond donors (Lipinski definition) is 2. The van der Waals surface area contributed by atoms with E-state index in [0.717, 1.165) is 0 Å². The Morgan fingerprint density at radius 2 is 2.15 bits per heavy atom. The third-order valence-electron chi connectivity index (χ3n) is 1.46. The zero-order chi connectivity index (χ0) is 10.1. The van der Waals surface area contributed by atoms with Crippen LogP contribution in [0.4, 0.5) is 0 Å². The highest BCUT2D eigenvalue weighted by Gasteiger charge is 1.99. The van der Waals surface area contributed by atoms with Gasteiger partial charge in [-0.1, -0.05) is 13.8 Å². The molecule has 0 aliphatic carbocycles. The molecule has 0 aliphatic rings. The second-order valence-corrected chi connectivity index (χ2v) is 3.12. The highest BCUT2D eigenvalue weighted by molar-refractivity contribution is 5.76. The number of nitrogens with one attached hydrogen (secondary N) is 2. The van der Waals surface area contributed by atoms with Gasteiger partial charge in [-0.05, 0) is 0 Å². The molecule has 0 fully saturated rings. The molecule has 0 saturated carbocycles. The minimum atomic E-state index is 0.00315. The van der Waals surface area contributed by atoms with Crippen molar-refractivity contribution in [3.05, 3.63) is 0 Å². The second kappa shape index (κ2) is 7.56. The summed E-state index contributed by atoms with van der Waals surface area (Å²) in [6.07, 6.45) is 0.854. The normalized spacial score (nSPS) is 9.69. The number of nitriles is 1. The molecular formula is C9H17N3O. The number of hydrogen-bond acceptors (Lipinski definition) is 3. The van der Waals surface area contributed by atoms with Crippen molar-refractivity contribution in [1.82, 2.24) is 10.6 Å². The molecule has 13 heavy (non-hydrogen) atoms. The van der Waals surface area contributed by atoms with E-state index in [2.05, 4.69) is 10.6 Å². The molecule has 74 valence electrons. The largest absolute Gasteiger partial charge is 0.355 e. The first-order valence-electron chi connectivity index (χ1n) is 4.54. The minimum Gasteiger partial charge on any atom is -0.355 e. The van der Waals surface area contributed by atoms with Gasteiger partial charge in [0.2, 0.25) is 5.91 Å². The Morgan fingerprint density at radius 1 is 1.46 bits per heavy atom. The van der Waals surface area contributed by atoms with Crippen LogP contribution >= 0.6 is 0 Å². The number of carbonyl (C=O) groups is 1.